The number of nitrogens with one attached hydrogen (secondary N) is 1. The van der Waals surface area contributed by atoms with Crippen molar-refractivity contribution in [3.8, 4) is 5.75 Å². The fourth-order valence-electron chi connectivity index (χ4n) is 3.07. The van der Waals surface area contributed by atoms with Crippen LogP contribution < -0.4 is 10.1 Å². The van der Waals surface area contributed by atoms with E-state index in [0.717, 1.165) is 31.1 Å². The molecule has 1 saturated heterocycles. The van der Waals surface area contributed by atoms with Crippen LogP contribution in [0.25, 0.3) is 6.08 Å². The fourth-order valence-corrected chi connectivity index (χ4v) is 3.07. The number of ether oxygens (including phenoxy) is 1. The maximum absolute atomic E-state index is 13.5. The Morgan fingerprint density at radius 1 is 1.44 bits per heavy atom. The first kappa shape index (κ1) is 18.8. The normalized spacial score (nSPS) is 17.3. The highest BCUT2D eigenvalue weighted by Crippen LogP contribution is 2.23. The van der Waals surface area contributed by atoms with Crippen molar-refractivity contribution >= 4 is 17.9 Å². The van der Waals surface area contributed by atoms with Crippen molar-refractivity contribution in [1.82, 2.24) is 14.9 Å². The van der Waals surface area contributed by atoms with Crippen LogP contribution in [0, 0.1) is 5.82 Å². The lowest BCUT2D eigenvalue weighted by Gasteiger charge is -2.18. The lowest BCUT2D eigenvalue weighted by atomic mass is 10.2. The standard InChI is InChI=1S/C19H21FN4O3/c1-27-17-4-2-14(20)8-13(17)11-24-7-6-16(12-24)23-18-10-21-15(9-22-18)3-5-19(25)26/h2-5,8-10,16H,6-7,11-12H2,1H3,(H,22,23)(H,25,26)/b5-3+/t16-/m1/s1. The van der Waals surface area contributed by atoms with Gasteiger partial charge in [-0.2, -0.15) is 0 Å². The zero-order valence-electron chi connectivity index (χ0n) is 14.9. The minimum atomic E-state index is -1.03. The number of methoxy groups -OCH3 is 1. The fraction of sp³-hybridized carbons (Fsp3) is 0.316. The number of likely N-dealkylation sites (tertiary alicyclic amines) is 1. The molecule has 3 rings (SSSR count). The number of nitrogens with zero attached hydrogens (tertiary/aromatic N) is 3. The molecule has 1 aromatic carbocycles. The molecule has 142 valence electrons. The number of carbonyl (C=O) groups is 1. The largest absolute Gasteiger partial charge is 0.496 e. The smallest absolute Gasteiger partial charge is 0.328 e. The van der Waals surface area contributed by atoms with Crippen molar-refractivity contribution < 1.29 is 19.0 Å². The van der Waals surface area contributed by atoms with Gasteiger partial charge in [-0.05, 0) is 30.7 Å². The van der Waals surface area contributed by atoms with Crippen LogP contribution in [0.1, 0.15) is 17.7 Å². The Balaban J connectivity index is 1.55. The second kappa shape index (κ2) is 8.59. The third-order valence-corrected chi connectivity index (χ3v) is 4.33. The molecule has 27 heavy (non-hydrogen) atoms. The summed E-state index contributed by atoms with van der Waals surface area (Å²) >= 11 is 0. The van der Waals surface area contributed by atoms with Gasteiger partial charge in [-0.1, -0.05) is 0 Å². The van der Waals surface area contributed by atoms with E-state index in [9.17, 15) is 9.18 Å². The van der Waals surface area contributed by atoms with Gasteiger partial charge in [0, 0.05) is 37.3 Å². The molecule has 1 atom stereocenters. The first-order valence-corrected chi connectivity index (χ1v) is 8.58. The predicted octanol–water partition coefficient (Wildman–Crippen LogP) is 2.41. The highest BCUT2D eigenvalue weighted by molar-refractivity contribution is 5.84. The van der Waals surface area contributed by atoms with E-state index in [0.29, 0.717) is 23.8 Å². The summed E-state index contributed by atoms with van der Waals surface area (Å²) in [6.07, 6.45) is 6.45. The van der Waals surface area contributed by atoms with Gasteiger partial charge in [0.25, 0.3) is 0 Å². The van der Waals surface area contributed by atoms with Gasteiger partial charge in [-0.25, -0.2) is 14.2 Å². The molecule has 1 aliphatic heterocycles. The molecule has 8 heteroatoms. The Morgan fingerprint density at radius 3 is 3.00 bits per heavy atom. The van der Waals surface area contributed by atoms with Gasteiger partial charge in [0.15, 0.2) is 0 Å². The molecule has 1 fully saturated rings. The first-order valence-electron chi connectivity index (χ1n) is 8.58. The number of benzene rings is 1. The molecule has 0 saturated carbocycles. The average molecular weight is 372 g/mol. The summed E-state index contributed by atoms with van der Waals surface area (Å²) in [7, 11) is 1.58. The Kier molecular flexibility index (Phi) is 5.97. The zero-order chi connectivity index (χ0) is 19.2. The maximum Gasteiger partial charge on any atom is 0.328 e. The minimum absolute atomic E-state index is 0.208. The number of hydrogen-bond acceptors (Lipinski definition) is 6. The van der Waals surface area contributed by atoms with Crippen LogP contribution in [0.15, 0.2) is 36.7 Å². The third-order valence-electron chi connectivity index (χ3n) is 4.33. The van der Waals surface area contributed by atoms with Crippen LogP contribution in [-0.4, -0.2) is 52.2 Å². The molecule has 0 amide bonds. The Morgan fingerprint density at radius 2 is 2.30 bits per heavy atom. The zero-order valence-corrected chi connectivity index (χ0v) is 14.9. The summed E-state index contributed by atoms with van der Waals surface area (Å²) in [6.45, 7) is 2.29. The molecular formula is C19H21FN4O3. The second-order valence-electron chi connectivity index (χ2n) is 6.32. The molecule has 0 spiro atoms. The van der Waals surface area contributed by atoms with E-state index < -0.39 is 5.97 Å². The number of aromatic nitrogens is 2. The highest BCUT2D eigenvalue weighted by Gasteiger charge is 2.23. The molecule has 0 radical (unpaired) electrons. The molecule has 0 unspecified atom stereocenters. The lowest BCUT2D eigenvalue weighted by molar-refractivity contribution is -0.131. The van der Waals surface area contributed by atoms with Crippen molar-refractivity contribution in [3.63, 3.8) is 0 Å². The molecule has 2 heterocycles. The van der Waals surface area contributed by atoms with Gasteiger partial charge >= 0.3 is 5.97 Å². The Hall–Kier alpha value is -3.00. The van der Waals surface area contributed by atoms with Crippen molar-refractivity contribution in [1.29, 1.82) is 0 Å². The van der Waals surface area contributed by atoms with E-state index in [2.05, 4.69) is 20.2 Å². The van der Waals surface area contributed by atoms with Gasteiger partial charge in [-0.15, -0.1) is 0 Å². The molecule has 2 N–H and O–H groups in total. The van der Waals surface area contributed by atoms with E-state index in [1.807, 2.05) is 0 Å². The first-order chi connectivity index (χ1) is 13.0. The number of hydrogen-bond donors (Lipinski definition) is 2. The molecule has 7 nitrogen and oxygen atoms in total. The van der Waals surface area contributed by atoms with E-state index in [-0.39, 0.29) is 11.9 Å². The van der Waals surface area contributed by atoms with Crippen LogP contribution in [0.4, 0.5) is 10.2 Å². The summed E-state index contributed by atoms with van der Waals surface area (Å²) < 4.78 is 18.8. The monoisotopic (exact) mass is 372 g/mol. The van der Waals surface area contributed by atoms with Crippen molar-refractivity contribution in [2.45, 2.75) is 19.0 Å². The van der Waals surface area contributed by atoms with Crippen LogP contribution in [0.5, 0.6) is 5.75 Å². The van der Waals surface area contributed by atoms with Gasteiger partial charge in [0.1, 0.15) is 17.4 Å². The summed E-state index contributed by atoms with van der Waals surface area (Å²) in [4.78, 5) is 21.2. The number of halogens is 1. The van der Waals surface area contributed by atoms with Gasteiger partial charge in [-0.3, -0.25) is 9.88 Å². The van der Waals surface area contributed by atoms with Crippen molar-refractivity contribution in [2.24, 2.45) is 0 Å². The van der Waals surface area contributed by atoms with Gasteiger partial charge in [0.05, 0.1) is 25.2 Å². The van der Waals surface area contributed by atoms with Crippen molar-refractivity contribution in [3.05, 3.63) is 53.7 Å². The molecule has 1 aromatic heterocycles. The van der Waals surface area contributed by atoms with E-state index in [1.165, 1.54) is 24.4 Å². The number of carboxylic acid groups (broad SMARTS) is 1. The van der Waals surface area contributed by atoms with Crippen molar-refractivity contribution in [2.75, 3.05) is 25.5 Å². The number of aliphatic carboxylic acids is 1. The maximum atomic E-state index is 13.5. The number of anilines is 1. The lowest BCUT2D eigenvalue weighted by Crippen LogP contribution is -2.26. The summed E-state index contributed by atoms with van der Waals surface area (Å²) in [5.41, 5.74) is 1.31. The Bertz CT molecular complexity index is 826. The third kappa shape index (κ3) is 5.24. The van der Waals surface area contributed by atoms with Crippen LogP contribution in [-0.2, 0) is 11.3 Å². The topological polar surface area (TPSA) is 87.6 Å². The Labute approximate surface area is 156 Å². The van der Waals surface area contributed by atoms with E-state index in [1.54, 1.807) is 19.4 Å². The number of carboxylic acids is 1. The number of rotatable bonds is 7. The van der Waals surface area contributed by atoms with Gasteiger partial charge < -0.3 is 15.2 Å². The van der Waals surface area contributed by atoms with Crippen LogP contribution in [0.2, 0.25) is 0 Å². The SMILES string of the molecule is COc1ccc(F)cc1CN1CC[C@@H](Nc2cnc(/C=C/C(=O)O)cn2)C1. The molecule has 2 aromatic rings. The molecule has 0 bridgehead atoms. The van der Waals surface area contributed by atoms with E-state index >= 15 is 0 Å². The molecule has 0 aliphatic carbocycles. The minimum Gasteiger partial charge on any atom is -0.496 e. The van der Waals surface area contributed by atoms with E-state index in [4.69, 9.17) is 9.84 Å². The average Bonchev–Trinajstić information content (AvgIpc) is 3.08. The molecular weight excluding hydrogens is 351 g/mol. The summed E-state index contributed by atoms with van der Waals surface area (Å²) in [5.74, 6) is 0.0216. The summed E-state index contributed by atoms with van der Waals surface area (Å²) in [5, 5.41) is 11.9. The summed E-state index contributed by atoms with van der Waals surface area (Å²) in [6, 6.07) is 4.75. The quantitative estimate of drug-likeness (QED) is 0.722. The second-order valence-corrected chi connectivity index (χ2v) is 6.32. The molecule has 1 aliphatic rings. The van der Waals surface area contributed by atoms with Crippen LogP contribution in [0.3, 0.4) is 0 Å². The van der Waals surface area contributed by atoms with Gasteiger partial charge in [0.2, 0.25) is 0 Å². The predicted molar refractivity (Wildman–Crippen MR) is 99.0 cm³/mol. The van der Waals surface area contributed by atoms with Crippen LogP contribution >= 0.6 is 0 Å². The highest BCUT2D eigenvalue weighted by atomic mass is 19.1.